The van der Waals surface area contributed by atoms with Crippen molar-refractivity contribution in [2.24, 2.45) is 5.92 Å². The zero-order valence-corrected chi connectivity index (χ0v) is 12.7. The fourth-order valence-corrected chi connectivity index (χ4v) is 4.04. The number of anilines is 1. The average Bonchev–Trinajstić information content (AvgIpc) is 2.58. The molecule has 3 N–H and O–H groups in total. The molecule has 1 aromatic rings. The molecule has 1 aliphatic rings. The third-order valence-electron chi connectivity index (χ3n) is 3.92. The van der Waals surface area contributed by atoms with E-state index in [2.05, 4.69) is 11.6 Å². The van der Waals surface area contributed by atoms with Crippen LogP contribution in [0.25, 0.3) is 0 Å². The Morgan fingerprint density at radius 2 is 1.86 bits per heavy atom. The minimum atomic E-state index is -4.04. The summed E-state index contributed by atoms with van der Waals surface area (Å²) in [6.45, 7) is 2.14. The van der Waals surface area contributed by atoms with Gasteiger partial charge in [-0.15, -0.1) is 0 Å². The van der Waals surface area contributed by atoms with E-state index >= 15 is 0 Å². The maximum Gasteiger partial charge on any atom is 0.243 e. The van der Waals surface area contributed by atoms with Crippen LogP contribution in [-0.4, -0.2) is 14.5 Å². The molecule has 0 radical (unpaired) electrons. The van der Waals surface area contributed by atoms with Crippen molar-refractivity contribution in [3.05, 3.63) is 23.8 Å². The van der Waals surface area contributed by atoms with E-state index in [0.717, 1.165) is 38.2 Å². The van der Waals surface area contributed by atoms with Gasteiger partial charge >= 0.3 is 0 Å². The van der Waals surface area contributed by atoms with Gasteiger partial charge in [-0.2, -0.15) is 0 Å². The Morgan fingerprint density at radius 1 is 1.14 bits per heavy atom. The van der Waals surface area contributed by atoms with Gasteiger partial charge in [0.05, 0.1) is 5.69 Å². The SMILES string of the molecule is CC1CCCC(NS(=O)(=O)c2cc(N)c(F)cc2F)CC1. The van der Waals surface area contributed by atoms with Crippen LogP contribution in [0.3, 0.4) is 0 Å². The second-order valence-electron chi connectivity index (χ2n) is 5.74. The van der Waals surface area contributed by atoms with Crippen molar-refractivity contribution < 1.29 is 17.2 Å². The first-order chi connectivity index (χ1) is 9.79. The predicted molar refractivity (Wildman–Crippen MR) is 77.1 cm³/mol. The van der Waals surface area contributed by atoms with Crippen molar-refractivity contribution in [2.75, 3.05) is 5.73 Å². The van der Waals surface area contributed by atoms with E-state index in [1.54, 1.807) is 0 Å². The summed E-state index contributed by atoms with van der Waals surface area (Å²) < 4.78 is 53.8. The normalized spacial score (nSPS) is 23.8. The quantitative estimate of drug-likeness (QED) is 0.665. The van der Waals surface area contributed by atoms with Gasteiger partial charge in [-0.25, -0.2) is 21.9 Å². The van der Waals surface area contributed by atoms with Crippen molar-refractivity contribution in [1.82, 2.24) is 4.72 Å². The predicted octanol–water partition coefficient (Wildman–Crippen LogP) is 2.79. The molecule has 1 fully saturated rings. The highest BCUT2D eigenvalue weighted by Gasteiger charge is 2.26. The largest absolute Gasteiger partial charge is 0.396 e. The van der Waals surface area contributed by atoms with Gasteiger partial charge in [-0.05, 0) is 31.2 Å². The monoisotopic (exact) mass is 318 g/mol. The van der Waals surface area contributed by atoms with E-state index in [1.165, 1.54) is 0 Å². The number of nitrogen functional groups attached to an aromatic ring is 1. The summed E-state index contributed by atoms with van der Waals surface area (Å²) in [5.74, 6) is -1.52. The summed E-state index contributed by atoms with van der Waals surface area (Å²) in [5, 5.41) is 0. The number of nitrogens with two attached hydrogens (primary N) is 1. The molecule has 4 nitrogen and oxygen atoms in total. The highest BCUT2D eigenvalue weighted by molar-refractivity contribution is 7.89. The maximum absolute atomic E-state index is 13.7. The molecule has 0 heterocycles. The van der Waals surface area contributed by atoms with Crippen LogP contribution in [0.5, 0.6) is 0 Å². The van der Waals surface area contributed by atoms with Gasteiger partial charge in [-0.1, -0.05) is 19.8 Å². The molecular formula is C14H20F2N2O2S. The molecule has 1 aliphatic carbocycles. The molecule has 0 saturated heterocycles. The Balaban J connectivity index is 2.20. The van der Waals surface area contributed by atoms with Crippen LogP contribution in [0.1, 0.15) is 39.0 Å². The third kappa shape index (κ3) is 3.91. The van der Waals surface area contributed by atoms with Gasteiger partial charge in [-0.3, -0.25) is 0 Å². The molecule has 1 aromatic carbocycles. The lowest BCUT2D eigenvalue weighted by Gasteiger charge is -2.17. The Kier molecular flexibility index (Phi) is 4.83. The van der Waals surface area contributed by atoms with Gasteiger partial charge in [0, 0.05) is 12.1 Å². The lowest BCUT2D eigenvalue weighted by Crippen LogP contribution is -2.35. The van der Waals surface area contributed by atoms with Crippen LogP contribution in [0, 0.1) is 17.6 Å². The third-order valence-corrected chi connectivity index (χ3v) is 5.46. The van der Waals surface area contributed by atoms with E-state index < -0.39 is 26.6 Å². The molecule has 0 amide bonds. The van der Waals surface area contributed by atoms with Crippen molar-refractivity contribution in [3.8, 4) is 0 Å². The van der Waals surface area contributed by atoms with Crippen LogP contribution < -0.4 is 10.5 Å². The number of hydrogen-bond acceptors (Lipinski definition) is 3. The Bertz CT molecular complexity index is 620. The minimum absolute atomic E-state index is 0.217. The second kappa shape index (κ2) is 6.27. The second-order valence-corrected chi connectivity index (χ2v) is 7.42. The number of halogens is 2. The Labute approximate surface area is 123 Å². The van der Waals surface area contributed by atoms with Gasteiger partial charge in [0.1, 0.15) is 16.5 Å². The van der Waals surface area contributed by atoms with Crippen LogP contribution in [0.4, 0.5) is 14.5 Å². The molecule has 2 atom stereocenters. The molecule has 7 heteroatoms. The van der Waals surface area contributed by atoms with Crippen LogP contribution in [0.15, 0.2) is 17.0 Å². The van der Waals surface area contributed by atoms with Crippen molar-refractivity contribution >= 4 is 15.7 Å². The molecule has 0 aromatic heterocycles. The minimum Gasteiger partial charge on any atom is -0.396 e. The molecule has 1 saturated carbocycles. The van der Waals surface area contributed by atoms with Crippen molar-refractivity contribution in [1.29, 1.82) is 0 Å². The highest BCUT2D eigenvalue weighted by atomic mass is 32.2. The smallest absolute Gasteiger partial charge is 0.243 e. The van der Waals surface area contributed by atoms with Crippen molar-refractivity contribution in [2.45, 2.75) is 50.0 Å². The first-order valence-electron chi connectivity index (χ1n) is 7.06. The molecule has 0 spiro atoms. The topological polar surface area (TPSA) is 72.2 Å². The number of rotatable bonds is 3. The molecule has 2 rings (SSSR count). The number of nitrogens with one attached hydrogen (secondary N) is 1. The number of hydrogen-bond donors (Lipinski definition) is 2. The average molecular weight is 318 g/mol. The lowest BCUT2D eigenvalue weighted by atomic mass is 10.0. The van der Waals surface area contributed by atoms with Gasteiger partial charge in [0.25, 0.3) is 0 Å². The summed E-state index contributed by atoms with van der Waals surface area (Å²) in [5.41, 5.74) is 4.95. The summed E-state index contributed by atoms with van der Waals surface area (Å²) in [6.07, 6.45) is 4.38. The zero-order chi connectivity index (χ0) is 15.6. The lowest BCUT2D eigenvalue weighted by molar-refractivity contribution is 0.482. The van der Waals surface area contributed by atoms with Gasteiger partial charge in [0.15, 0.2) is 0 Å². The van der Waals surface area contributed by atoms with Crippen LogP contribution in [0.2, 0.25) is 0 Å². The molecule has 0 aliphatic heterocycles. The van der Waals surface area contributed by atoms with Crippen LogP contribution >= 0.6 is 0 Å². The molecular weight excluding hydrogens is 298 g/mol. The number of sulfonamides is 1. The van der Waals surface area contributed by atoms with E-state index in [1.807, 2.05) is 0 Å². The molecule has 21 heavy (non-hydrogen) atoms. The number of benzene rings is 1. The van der Waals surface area contributed by atoms with E-state index in [4.69, 9.17) is 5.73 Å². The summed E-state index contributed by atoms with van der Waals surface area (Å²) in [4.78, 5) is -0.598. The molecule has 0 bridgehead atoms. The summed E-state index contributed by atoms with van der Waals surface area (Å²) in [6, 6.07) is 1.11. The standard InChI is InChI=1S/C14H20F2N2O2S/c1-9-3-2-4-10(6-5-9)18-21(19,20)14-8-13(17)11(15)7-12(14)16/h7-10,18H,2-6,17H2,1H3. The summed E-state index contributed by atoms with van der Waals surface area (Å²) in [7, 11) is -4.04. The Hall–Kier alpha value is -1.21. The van der Waals surface area contributed by atoms with Gasteiger partial charge < -0.3 is 5.73 Å². The van der Waals surface area contributed by atoms with E-state index in [-0.39, 0.29) is 11.7 Å². The zero-order valence-electron chi connectivity index (χ0n) is 11.9. The van der Waals surface area contributed by atoms with Crippen molar-refractivity contribution in [3.63, 3.8) is 0 Å². The molecule has 2 unspecified atom stereocenters. The van der Waals surface area contributed by atoms with E-state index in [0.29, 0.717) is 12.0 Å². The maximum atomic E-state index is 13.7. The van der Waals surface area contributed by atoms with Crippen LogP contribution in [-0.2, 0) is 10.0 Å². The highest BCUT2D eigenvalue weighted by Crippen LogP contribution is 2.25. The first-order valence-corrected chi connectivity index (χ1v) is 8.55. The molecule has 118 valence electrons. The van der Waals surface area contributed by atoms with Gasteiger partial charge in [0.2, 0.25) is 10.0 Å². The summed E-state index contributed by atoms with van der Waals surface area (Å²) >= 11 is 0. The fourth-order valence-electron chi connectivity index (χ4n) is 2.64. The Morgan fingerprint density at radius 3 is 2.57 bits per heavy atom. The first kappa shape index (κ1) is 16.2. The fraction of sp³-hybridized carbons (Fsp3) is 0.571. The van der Waals surface area contributed by atoms with E-state index in [9.17, 15) is 17.2 Å².